The van der Waals surface area contributed by atoms with Gasteiger partial charge in [-0.25, -0.2) is 4.98 Å². The van der Waals surface area contributed by atoms with E-state index in [-0.39, 0.29) is 41.5 Å². The highest BCUT2D eigenvalue weighted by Gasteiger charge is 2.39. The molecule has 1 aliphatic rings. The lowest BCUT2D eigenvalue weighted by atomic mass is 9.79. The van der Waals surface area contributed by atoms with Crippen LogP contribution in [-0.2, 0) is 11.8 Å². The van der Waals surface area contributed by atoms with E-state index in [0.29, 0.717) is 24.0 Å². The van der Waals surface area contributed by atoms with Crippen LogP contribution in [0.2, 0.25) is 0 Å². The molecule has 0 radical (unpaired) electrons. The van der Waals surface area contributed by atoms with Crippen molar-refractivity contribution in [2.24, 2.45) is 0 Å². The van der Waals surface area contributed by atoms with E-state index in [2.05, 4.69) is 16.4 Å². The van der Waals surface area contributed by atoms with E-state index in [1.54, 1.807) is 38.1 Å². The molecule has 3 aromatic rings. The van der Waals surface area contributed by atoms with Crippen molar-refractivity contribution < 1.29 is 23.0 Å². The Bertz CT molecular complexity index is 1230. The first-order valence-corrected chi connectivity index (χ1v) is 11.2. The Balaban J connectivity index is 1.58. The van der Waals surface area contributed by atoms with E-state index in [4.69, 9.17) is 4.74 Å². The molecule has 34 heavy (non-hydrogen) atoms. The standard InChI is InChI=1S/C25H27F3N4O2/c1-15(2)32-14-30-22-9-20(8-21(23(22)32)25(26,27)28)34-13-19-11-24(33,10-16(3)31-19)18-6-4-5-17(7-18)12-29/h4-9,14-16,19,31,33H,10-11,13H2,1-3H3. The van der Waals surface area contributed by atoms with Gasteiger partial charge in [-0.15, -0.1) is 0 Å². The number of ether oxygens (including phenoxy) is 1. The maximum atomic E-state index is 13.9. The van der Waals surface area contributed by atoms with Gasteiger partial charge in [0.25, 0.3) is 0 Å². The van der Waals surface area contributed by atoms with Gasteiger partial charge in [-0.05, 0) is 57.4 Å². The van der Waals surface area contributed by atoms with Crippen molar-refractivity contribution in [2.75, 3.05) is 6.61 Å². The zero-order valence-electron chi connectivity index (χ0n) is 19.2. The van der Waals surface area contributed by atoms with E-state index in [0.717, 1.165) is 6.07 Å². The number of hydrogen-bond acceptors (Lipinski definition) is 5. The number of nitriles is 1. The van der Waals surface area contributed by atoms with Gasteiger partial charge in [-0.3, -0.25) is 0 Å². The van der Waals surface area contributed by atoms with Crippen LogP contribution in [0.3, 0.4) is 0 Å². The van der Waals surface area contributed by atoms with Crippen molar-refractivity contribution in [1.29, 1.82) is 5.26 Å². The summed E-state index contributed by atoms with van der Waals surface area (Å²) in [5.74, 6) is 0.0730. The number of imidazole rings is 1. The molecule has 1 aliphatic heterocycles. The van der Waals surface area contributed by atoms with E-state index >= 15 is 0 Å². The van der Waals surface area contributed by atoms with Crippen molar-refractivity contribution in [2.45, 2.75) is 63.5 Å². The maximum Gasteiger partial charge on any atom is 0.418 e. The van der Waals surface area contributed by atoms with Crippen LogP contribution in [0.5, 0.6) is 5.75 Å². The molecular weight excluding hydrogens is 445 g/mol. The van der Waals surface area contributed by atoms with Gasteiger partial charge in [-0.2, -0.15) is 18.4 Å². The van der Waals surface area contributed by atoms with E-state index in [1.165, 1.54) is 17.0 Å². The van der Waals surface area contributed by atoms with Crippen molar-refractivity contribution in [3.8, 4) is 11.8 Å². The predicted molar refractivity (Wildman–Crippen MR) is 121 cm³/mol. The zero-order chi connectivity index (χ0) is 24.7. The Morgan fingerprint density at radius 1 is 1.29 bits per heavy atom. The molecule has 2 aromatic carbocycles. The number of aliphatic hydroxyl groups is 1. The van der Waals surface area contributed by atoms with Crippen molar-refractivity contribution in [1.82, 2.24) is 14.9 Å². The molecule has 180 valence electrons. The quantitative estimate of drug-likeness (QED) is 0.551. The van der Waals surface area contributed by atoms with Crippen LogP contribution in [0.4, 0.5) is 13.2 Å². The van der Waals surface area contributed by atoms with Crippen molar-refractivity contribution >= 4 is 11.0 Å². The molecule has 2 heterocycles. The number of nitrogens with zero attached hydrogens (tertiary/aromatic N) is 3. The van der Waals surface area contributed by atoms with Crippen LogP contribution in [-0.4, -0.2) is 33.3 Å². The molecule has 1 saturated heterocycles. The highest BCUT2D eigenvalue weighted by Crippen LogP contribution is 2.39. The Labute approximate surface area is 196 Å². The summed E-state index contributed by atoms with van der Waals surface area (Å²) in [6.45, 7) is 5.60. The monoisotopic (exact) mass is 472 g/mol. The van der Waals surface area contributed by atoms with Crippen LogP contribution in [0.15, 0.2) is 42.7 Å². The van der Waals surface area contributed by atoms with Crippen LogP contribution >= 0.6 is 0 Å². The summed E-state index contributed by atoms with van der Waals surface area (Å²) in [7, 11) is 0. The molecule has 0 spiro atoms. The molecule has 1 fully saturated rings. The van der Waals surface area contributed by atoms with E-state index in [1.807, 2.05) is 6.92 Å². The molecule has 0 bridgehead atoms. The van der Waals surface area contributed by atoms with Gasteiger partial charge < -0.3 is 19.7 Å². The minimum Gasteiger partial charge on any atom is -0.492 e. The number of fused-ring (bicyclic) bond motifs is 1. The predicted octanol–water partition coefficient (Wildman–Crippen LogP) is 4.91. The molecule has 6 nitrogen and oxygen atoms in total. The Morgan fingerprint density at radius 3 is 2.74 bits per heavy atom. The van der Waals surface area contributed by atoms with Crippen molar-refractivity contribution in [3.63, 3.8) is 0 Å². The summed E-state index contributed by atoms with van der Waals surface area (Å²) >= 11 is 0. The lowest BCUT2D eigenvalue weighted by Crippen LogP contribution is -2.53. The summed E-state index contributed by atoms with van der Waals surface area (Å²) in [5.41, 5.74) is -0.619. The average Bonchev–Trinajstić information content (AvgIpc) is 3.20. The van der Waals surface area contributed by atoms with Crippen molar-refractivity contribution in [3.05, 3.63) is 59.4 Å². The largest absolute Gasteiger partial charge is 0.492 e. The third-order valence-electron chi connectivity index (χ3n) is 6.23. The lowest BCUT2D eigenvalue weighted by Gasteiger charge is -2.41. The average molecular weight is 473 g/mol. The lowest BCUT2D eigenvalue weighted by molar-refractivity contribution is -0.136. The fourth-order valence-electron chi connectivity index (χ4n) is 4.77. The third-order valence-corrected chi connectivity index (χ3v) is 6.23. The highest BCUT2D eigenvalue weighted by molar-refractivity contribution is 5.81. The van der Waals surface area contributed by atoms with Crippen LogP contribution < -0.4 is 10.1 Å². The Hall–Kier alpha value is -3.09. The molecule has 2 N–H and O–H groups in total. The number of aromatic nitrogens is 2. The number of benzene rings is 2. The highest BCUT2D eigenvalue weighted by atomic mass is 19.4. The maximum absolute atomic E-state index is 13.9. The zero-order valence-corrected chi connectivity index (χ0v) is 19.2. The number of halogens is 3. The van der Waals surface area contributed by atoms with Gasteiger partial charge in [0.2, 0.25) is 0 Å². The summed E-state index contributed by atoms with van der Waals surface area (Å²) in [6.07, 6.45) is -2.42. The van der Waals surface area contributed by atoms with Gasteiger partial charge in [-0.1, -0.05) is 12.1 Å². The first-order chi connectivity index (χ1) is 16.0. The summed E-state index contributed by atoms with van der Waals surface area (Å²) < 4.78 is 48.9. The first-order valence-electron chi connectivity index (χ1n) is 11.2. The fraction of sp³-hybridized carbons (Fsp3) is 0.440. The van der Waals surface area contributed by atoms with E-state index < -0.39 is 17.3 Å². The van der Waals surface area contributed by atoms with Gasteiger partial charge in [0.05, 0.1) is 40.2 Å². The van der Waals surface area contributed by atoms with Crippen LogP contribution in [0, 0.1) is 11.3 Å². The third kappa shape index (κ3) is 4.74. The summed E-state index contributed by atoms with van der Waals surface area (Å²) in [6, 6.07) is 10.9. The second-order valence-electron chi connectivity index (χ2n) is 9.29. The van der Waals surface area contributed by atoms with Gasteiger partial charge >= 0.3 is 6.18 Å². The molecule has 0 amide bonds. The number of hydrogen-bond donors (Lipinski definition) is 2. The molecule has 4 rings (SSSR count). The van der Waals surface area contributed by atoms with E-state index in [9.17, 15) is 23.5 Å². The molecule has 3 unspecified atom stereocenters. The van der Waals surface area contributed by atoms with Gasteiger partial charge in [0.1, 0.15) is 12.4 Å². The second-order valence-corrected chi connectivity index (χ2v) is 9.29. The Kier molecular flexibility index (Phi) is 6.32. The minimum absolute atomic E-state index is 0.0333. The number of rotatable bonds is 5. The summed E-state index contributed by atoms with van der Waals surface area (Å²) in [5, 5.41) is 23.9. The normalized spacial score (nSPS) is 23.3. The smallest absolute Gasteiger partial charge is 0.418 e. The topological polar surface area (TPSA) is 83.1 Å². The van der Waals surface area contributed by atoms with Gasteiger partial charge in [0.15, 0.2) is 0 Å². The fourth-order valence-corrected chi connectivity index (χ4v) is 4.77. The molecule has 1 aromatic heterocycles. The van der Waals surface area contributed by atoms with Crippen LogP contribution in [0.1, 0.15) is 56.3 Å². The molecule has 9 heteroatoms. The van der Waals surface area contributed by atoms with Crippen LogP contribution in [0.25, 0.3) is 11.0 Å². The molecule has 0 aliphatic carbocycles. The second kappa shape index (κ2) is 8.93. The molecule has 3 atom stereocenters. The minimum atomic E-state index is -4.56. The number of nitrogens with one attached hydrogen (secondary N) is 1. The molecular formula is C25H27F3N4O2. The first kappa shape index (κ1) is 24.0. The van der Waals surface area contributed by atoms with Gasteiger partial charge in [0, 0.05) is 24.2 Å². The molecule has 0 saturated carbocycles. The summed E-state index contributed by atoms with van der Waals surface area (Å²) in [4.78, 5) is 4.16. The number of piperidine rings is 1. The SMILES string of the molecule is CC1CC(O)(c2cccc(C#N)c2)CC(COc2cc(C(F)(F)F)c3c(c2)ncn3C(C)C)N1. The Morgan fingerprint density at radius 2 is 2.06 bits per heavy atom. The number of alkyl halides is 3.